The maximum atomic E-state index is 5.33. The highest BCUT2D eigenvalue weighted by molar-refractivity contribution is 5.47. The van der Waals surface area contributed by atoms with E-state index in [0.29, 0.717) is 24.0 Å². The second-order valence-corrected chi connectivity index (χ2v) is 6.92. The highest BCUT2D eigenvalue weighted by Gasteiger charge is 2.27. The number of hydrogen-bond donors (Lipinski definition) is 0. The van der Waals surface area contributed by atoms with E-state index >= 15 is 0 Å². The summed E-state index contributed by atoms with van der Waals surface area (Å²) in [5, 5.41) is 4.05. The minimum Gasteiger partial charge on any atom is -0.384 e. The van der Waals surface area contributed by atoms with Crippen molar-refractivity contribution in [1.29, 1.82) is 0 Å². The van der Waals surface area contributed by atoms with Crippen molar-refractivity contribution in [3.63, 3.8) is 0 Å². The standard InChI is InChI=1S/C16H23N3O2/c1-15(2,3)11-7-8-12(17-9-11)13-18-14(19-21-13)16(4,5)10-20-6/h7-9H,10H2,1-6H3. The molecule has 0 spiro atoms. The average molecular weight is 289 g/mol. The number of nitrogens with zero attached hydrogens (tertiary/aromatic N) is 3. The van der Waals surface area contributed by atoms with Gasteiger partial charge >= 0.3 is 0 Å². The quantitative estimate of drug-likeness (QED) is 0.863. The Morgan fingerprint density at radius 2 is 1.86 bits per heavy atom. The van der Waals surface area contributed by atoms with Gasteiger partial charge in [-0.25, -0.2) is 0 Å². The number of ether oxygens (including phenoxy) is 1. The van der Waals surface area contributed by atoms with E-state index in [1.807, 2.05) is 32.2 Å². The molecular weight excluding hydrogens is 266 g/mol. The summed E-state index contributed by atoms with van der Waals surface area (Å²) < 4.78 is 10.5. The molecule has 0 radical (unpaired) electrons. The van der Waals surface area contributed by atoms with Crippen LogP contribution in [0.2, 0.25) is 0 Å². The van der Waals surface area contributed by atoms with Crippen LogP contribution < -0.4 is 0 Å². The highest BCUT2D eigenvalue weighted by atomic mass is 16.5. The van der Waals surface area contributed by atoms with Crippen LogP contribution in [0.5, 0.6) is 0 Å². The molecule has 5 heteroatoms. The monoisotopic (exact) mass is 289 g/mol. The Labute approximate surface area is 125 Å². The largest absolute Gasteiger partial charge is 0.384 e. The molecule has 0 amide bonds. The molecule has 2 rings (SSSR count). The lowest BCUT2D eigenvalue weighted by molar-refractivity contribution is 0.141. The van der Waals surface area contributed by atoms with Gasteiger partial charge in [-0.1, -0.05) is 45.8 Å². The van der Waals surface area contributed by atoms with E-state index in [0.717, 1.165) is 0 Å². The summed E-state index contributed by atoms with van der Waals surface area (Å²) in [6, 6.07) is 3.97. The lowest BCUT2D eigenvalue weighted by Crippen LogP contribution is -2.25. The molecule has 2 aromatic rings. The average Bonchev–Trinajstić information content (AvgIpc) is 2.88. The minimum absolute atomic E-state index is 0.0754. The summed E-state index contributed by atoms with van der Waals surface area (Å²) in [6.45, 7) is 11.0. The zero-order valence-electron chi connectivity index (χ0n) is 13.6. The minimum atomic E-state index is -0.290. The van der Waals surface area contributed by atoms with Crippen LogP contribution in [0.3, 0.4) is 0 Å². The van der Waals surface area contributed by atoms with Gasteiger partial charge in [0, 0.05) is 13.3 Å². The third-order valence-corrected chi connectivity index (χ3v) is 3.39. The molecule has 0 bridgehead atoms. The van der Waals surface area contributed by atoms with Crippen molar-refractivity contribution in [3.05, 3.63) is 29.7 Å². The fourth-order valence-corrected chi connectivity index (χ4v) is 1.99. The van der Waals surface area contributed by atoms with Crippen LogP contribution in [0.15, 0.2) is 22.9 Å². The lowest BCUT2D eigenvalue weighted by atomic mass is 9.88. The van der Waals surface area contributed by atoms with Crippen LogP contribution in [-0.4, -0.2) is 28.8 Å². The van der Waals surface area contributed by atoms with Crippen LogP contribution in [0.1, 0.15) is 46.0 Å². The zero-order chi connectivity index (χ0) is 15.7. The summed E-state index contributed by atoms with van der Waals surface area (Å²) >= 11 is 0. The Hall–Kier alpha value is -1.75. The van der Waals surface area contributed by atoms with Gasteiger partial charge in [0.25, 0.3) is 5.89 Å². The van der Waals surface area contributed by atoms with Gasteiger partial charge in [-0.05, 0) is 17.0 Å². The maximum absolute atomic E-state index is 5.33. The van der Waals surface area contributed by atoms with Crippen LogP contribution in [0, 0.1) is 0 Å². The SMILES string of the molecule is COCC(C)(C)c1noc(-c2ccc(C(C)(C)C)cn2)n1. The fraction of sp³-hybridized carbons (Fsp3) is 0.562. The first-order valence-electron chi connectivity index (χ1n) is 7.04. The van der Waals surface area contributed by atoms with Crippen LogP contribution in [-0.2, 0) is 15.6 Å². The van der Waals surface area contributed by atoms with Crippen LogP contribution >= 0.6 is 0 Å². The Bertz CT molecular complexity index is 595. The molecule has 2 aromatic heterocycles. The number of hydrogen-bond acceptors (Lipinski definition) is 5. The summed E-state index contributed by atoms with van der Waals surface area (Å²) in [4.78, 5) is 8.87. The molecule has 0 fully saturated rings. The van der Waals surface area contributed by atoms with E-state index in [1.165, 1.54) is 5.56 Å². The van der Waals surface area contributed by atoms with E-state index in [1.54, 1.807) is 7.11 Å². The van der Waals surface area contributed by atoms with E-state index in [2.05, 4.69) is 35.9 Å². The highest BCUT2D eigenvalue weighted by Crippen LogP contribution is 2.26. The summed E-state index contributed by atoms with van der Waals surface area (Å²) in [6.07, 6.45) is 1.86. The zero-order valence-corrected chi connectivity index (χ0v) is 13.6. The lowest BCUT2D eigenvalue weighted by Gasteiger charge is -2.18. The molecule has 2 heterocycles. The Balaban J connectivity index is 2.26. The topological polar surface area (TPSA) is 61.0 Å². The van der Waals surface area contributed by atoms with Gasteiger partial charge in [-0.3, -0.25) is 4.98 Å². The molecule has 0 atom stereocenters. The molecule has 114 valence electrons. The number of methoxy groups -OCH3 is 1. The molecule has 0 aromatic carbocycles. The molecular formula is C16H23N3O2. The van der Waals surface area contributed by atoms with E-state index in [9.17, 15) is 0 Å². The van der Waals surface area contributed by atoms with Crippen molar-refractivity contribution in [2.75, 3.05) is 13.7 Å². The van der Waals surface area contributed by atoms with E-state index in [-0.39, 0.29) is 10.8 Å². The smallest absolute Gasteiger partial charge is 0.276 e. The molecule has 0 N–H and O–H groups in total. The van der Waals surface area contributed by atoms with Crippen molar-refractivity contribution in [2.24, 2.45) is 0 Å². The van der Waals surface area contributed by atoms with Gasteiger partial charge in [-0.15, -0.1) is 0 Å². The molecule has 21 heavy (non-hydrogen) atoms. The van der Waals surface area contributed by atoms with Gasteiger partial charge in [-0.2, -0.15) is 4.98 Å². The van der Waals surface area contributed by atoms with E-state index < -0.39 is 0 Å². The molecule has 0 unspecified atom stereocenters. The van der Waals surface area contributed by atoms with Crippen molar-refractivity contribution >= 4 is 0 Å². The number of pyridine rings is 1. The Morgan fingerprint density at radius 3 is 2.38 bits per heavy atom. The first-order chi connectivity index (χ1) is 9.74. The van der Waals surface area contributed by atoms with Gasteiger partial charge in [0.1, 0.15) is 5.69 Å². The second kappa shape index (κ2) is 5.56. The van der Waals surface area contributed by atoms with Gasteiger partial charge in [0.2, 0.25) is 0 Å². The van der Waals surface area contributed by atoms with Crippen LogP contribution in [0.4, 0.5) is 0 Å². The normalized spacial score (nSPS) is 12.7. The fourth-order valence-electron chi connectivity index (χ4n) is 1.99. The molecule has 5 nitrogen and oxygen atoms in total. The first-order valence-corrected chi connectivity index (χ1v) is 7.04. The molecule has 0 aliphatic carbocycles. The maximum Gasteiger partial charge on any atom is 0.276 e. The van der Waals surface area contributed by atoms with Crippen molar-refractivity contribution in [1.82, 2.24) is 15.1 Å². The van der Waals surface area contributed by atoms with E-state index in [4.69, 9.17) is 9.26 Å². The van der Waals surface area contributed by atoms with Gasteiger partial charge < -0.3 is 9.26 Å². The Morgan fingerprint density at radius 1 is 1.14 bits per heavy atom. The first kappa shape index (κ1) is 15.6. The molecule has 0 aliphatic heterocycles. The summed E-state index contributed by atoms with van der Waals surface area (Å²) in [5.41, 5.74) is 1.65. The van der Waals surface area contributed by atoms with Crippen molar-refractivity contribution in [3.8, 4) is 11.6 Å². The van der Waals surface area contributed by atoms with Crippen LogP contribution in [0.25, 0.3) is 11.6 Å². The van der Waals surface area contributed by atoms with Crippen molar-refractivity contribution in [2.45, 2.75) is 45.4 Å². The molecule has 0 saturated carbocycles. The third-order valence-electron chi connectivity index (χ3n) is 3.39. The van der Waals surface area contributed by atoms with Gasteiger partial charge in [0.05, 0.1) is 12.0 Å². The van der Waals surface area contributed by atoms with Crippen molar-refractivity contribution < 1.29 is 9.26 Å². The summed E-state index contributed by atoms with van der Waals surface area (Å²) in [7, 11) is 1.66. The molecule has 0 aliphatic rings. The molecule has 0 saturated heterocycles. The second-order valence-electron chi connectivity index (χ2n) is 6.92. The van der Waals surface area contributed by atoms with Gasteiger partial charge in [0.15, 0.2) is 5.82 Å². The third kappa shape index (κ3) is 3.47. The number of aromatic nitrogens is 3. The predicted octanol–water partition coefficient (Wildman–Crippen LogP) is 3.35. The Kier molecular flexibility index (Phi) is 4.14. The number of rotatable bonds is 4. The summed E-state index contributed by atoms with van der Waals surface area (Å²) in [5.74, 6) is 1.07. The predicted molar refractivity (Wildman–Crippen MR) is 81.1 cm³/mol.